The van der Waals surface area contributed by atoms with Gasteiger partial charge in [0.1, 0.15) is 11.9 Å². The summed E-state index contributed by atoms with van der Waals surface area (Å²) in [6.45, 7) is 11.7. The molecular formula is C29H33FN6O. The number of halogens is 1. The number of aromatic nitrogens is 5. The predicted molar refractivity (Wildman–Crippen MR) is 144 cm³/mol. The van der Waals surface area contributed by atoms with Crippen molar-refractivity contribution in [2.24, 2.45) is 0 Å². The van der Waals surface area contributed by atoms with Crippen LogP contribution in [0.5, 0.6) is 0 Å². The molecule has 1 atom stereocenters. The number of hydrogen-bond donors (Lipinski definition) is 1. The summed E-state index contributed by atoms with van der Waals surface area (Å²) in [4.78, 5) is 19.0. The maximum Gasteiger partial charge on any atom is 0.253 e. The van der Waals surface area contributed by atoms with Crippen molar-refractivity contribution >= 4 is 16.5 Å². The Balaban J connectivity index is 1.63. The zero-order valence-corrected chi connectivity index (χ0v) is 22.0. The first-order valence-electron chi connectivity index (χ1n) is 12.8. The van der Waals surface area contributed by atoms with Crippen molar-refractivity contribution < 1.29 is 4.39 Å². The lowest BCUT2D eigenvalue weighted by molar-refractivity contribution is 0.211. The fraction of sp³-hybridized carbons (Fsp3) is 0.379. The zero-order chi connectivity index (χ0) is 26.3. The number of pyridine rings is 1. The summed E-state index contributed by atoms with van der Waals surface area (Å²) in [5, 5.41) is 13.9. The Labute approximate surface area is 216 Å². The summed E-state index contributed by atoms with van der Waals surface area (Å²) in [7, 11) is 0. The fourth-order valence-electron chi connectivity index (χ4n) is 5.20. The van der Waals surface area contributed by atoms with E-state index in [0.717, 1.165) is 40.4 Å². The molecule has 4 aromatic rings. The average molecular weight is 501 g/mol. The third-order valence-electron chi connectivity index (χ3n) is 7.61. The number of nitrogens with one attached hydrogen (secondary N) is 1. The smallest absolute Gasteiger partial charge is 0.253 e. The van der Waals surface area contributed by atoms with E-state index in [1.54, 1.807) is 0 Å². The van der Waals surface area contributed by atoms with Crippen LogP contribution in [0.15, 0.2) is 53.3 Å². The van der Waals surface area contributed by atoms with Gasteiger partial charge < -0.3 is 4.98 Å². The van der Waals surface area contributed by atoms with E-state index in [1.807, 2.05) is 29.8 Å². The lowest BCUT2D eigenvalue weighted by atomic mass is 9.95. The van der Waals surface area contributed by atoms with Gasteiger partial charge in [0.15, 0.2) is 5.82 Å². The fourth-order valence-corrected chi connectivity index (χ4v) is 5.20. The quantitative estimate of drug-likeness (QED) is 0.389. The van der Waals surface area contributed by atoms with Crippen LogP contribution in [0.25, 0.3) is 16.5 Å². The molecule has 1 aliphatic rings. The molecule has 8 heteroatoms. The molecule has 0 amide bonds. The highest BCUT2D eigenvalue weighted by Crippen LogP contribution is 2.34. The lowest BCUT2D eigenvalue weighted by Crippen LogP contribution is -2.40. The molecule has 192 valence electrons. The van der Waals surface area contributed by atoms with E-state index < -0.39 is 6.04 Å². The molecule has 37 heavy (non-hydrogen) atoms. The van der Waals surface area contributed by atoms with Crippen LogP contribution in [-0.2, 0) is 5.54 Å². The molecule has 0 spiro atoms. The minimum absolute atomic E-state index is 0.137. The third kappa shape index (κ3) is 4.73. The molecule has 0 radical (unpaired) electrons. The zero-order valence-electron chi connectivity index (χ0n) is 22.0. The van der Waals surface area contributed by atoms with Gasteiger partial charge in [-0.25, -0.2) is 9.07 Å². The molecule has 2 aromatic carbocycles. The van der Waals surface area contributed by atoms with Crippen molar-refractivity contribution in [1.82, 2.24) is 30.1 Å². The minimum atomic E-state index is -0.430. The molecule has 0 aliphatic carbocycles. The Hall–Kier alpha value is -3.65. The van der Waals surface area contributed by atoms with Gasteiger partial charge in [-0.15, -0.1) is 5.10 Å². The molecule has 0 bridgehead atoms. The van der Waals surface area contributed by atoms with E-state index >= 15 is 0 Å². The van der Waals surface area contributed by atoms with Gasteiger partial charge in [0, 0.05) is 18.7 Å². The molecular weight excluding hydrogens is 467 g/mol. The van der Waals surface area contributed by atoms with Crippen molar-refractivity contribution in [3.63, 3.8) is 0 Å². The topological polar surface area (TPSA) is 79.7 Å². The number of aryl methyl sites for hydroxylation is 2. The van der Waals surface area contributed by atoms with Gasteiger partial charge in [-0.3, -0.25) is 9.69 Å². The first-order valence-corrected chi connectivity index (χ1v) is 12.8. The maximum absolute atomic E-state index is 13.6. The van der Waals surface area contributed by atoms with Crippen LogP contribution in [0.3, 0.4) is 0 Å². The van der Waals surface area contributed by atoms with Gasteiger partial charge in [-0.05, 0) is 97.3 Å². The molecule has 0 saturated heterocycles. The Morgan fingerprint density at radius 3 is 2.57 bits per heavy atom. The van der Waals surface area contributed by atoms with Gasteiger partial charge in [-0.1, -0.05) is 36.8 Å². The number of hydrogen-bond acceptors (Lipinski definition) is 5. The predicted octanol–water partition coefficient (Wildman–Crippen LogP) is 5.29. The number of nitrogens with zero attached hydrogens (tertiary/aromatic N) is 5. The average Bonchev–Trinajstić information content (AvgIpc) is 3.36. The number of aromatic amines is 1. The van der Waals surface area contributed by atoms with E-state index in [-0.39, 0.29) is 16.9 Å². The second kappa shape index (κ2) is 9.67. The van der Waals surface area contributed by atoms with Crippen LogP contribution >= 0.6 is 0 Å². The highest BCUT2D eigenvalue weighted by atomic mass is 19.1. The Morgan fingerprint density at radius 1 is 1.14 bits per heavy atom. The number of fused-ring (bicyclic) bond motifs is 1. The van der Waals surface area contributed by atoms with E-state index in [0.29, 0.717) is 24.5 Å². The van der Waals surface area contributed by atoms with E-state index in [9.17, 15) is 9.18 Å². The standard InChI is InChI=1S/C29H33FN6O/c1-6-29(4,5)36-27(32-33-34-36)26(24-17-22-16-18(2)15-19(3)25(22)31-28(24)37)35-13-11-21(12-14-35)20-7-9-23(30)10-8-20/h7-11,15-17,26H,6,12-14H2,1-5H3,(H,31,37)/t26-/m0/s1. The van der Waals surface area contributed by atoms with Crippen molar-refractivity contribution in [3.8, 4) is 0 Å². The highest BCUT2D eigenvalue weighted by Gasteiger charge is 2.35. The van der Waals surface area contributed by atoms with Crippen LogP contribution in [0.1, 0.15) is 67.7 Å². The molecule has 1 aliphatic heterocycles. The maximum atomic E-state index is 13.6. The Kier molecular flexibility index (Phi) is 6.54. The van der Waals surface area contributed by atoms with Crippen molar-refractivity contribution in [2.75, 3.05) is 13.1 Å². The molecule has 3 heterocycles. The molecule has 0 saturated carbocycles. The molecule has 1 N–H and O–H groups in total. The Morgan fingerprint density at radius 2 is 1.89 bits per heavy atom. The van der Waals surface area contributed by atoms with Crippen LogP contribution in [0, 0.1) is 19.7 Å². The largest absolute Gasteiger partial charge is 0.321 e. The van der Waals surface area contributed by atoms with Crippen molar-refractivity contribution in [3.05, 3.63) is 92.8 Å². The third-order valence-corrected chi connectivity index (χ3v) is 7.61. The van der Waals surface area contributed by atoms with Gasteiger partial charge in [0.25, 0.3) is 5.56 Å². The number of rotatable bonds is 6. The molecule has 5 rings (SSSR count). The summed E-state index contributed by atoms with van der Waals surface area (Å²) >= 11 is 0. The number of tetrazole rings is 1. The number of benzene rings is 2. The van der Waals surface area contributed by atoms with Crippen LogP contribution in [0.4, 0.5) is 4.39 Å². The van der Waals surface area contributed by atoms with E-state index in [1.165, 1.54) is 17.7 Å². The molecule has 0 fully saturated rings. The van der Waals surface area contributed by atoms with Gasteiger partial charge >= 0.3 is 0 Å². The van der Waals surface area contributed by atoms with E-state index in [2.05, 4.69) is 71.3 Å². The normalized spacial score (nSPS) is 15.7. The van der Waals surface area contributed by atoms with Crippen LogP contribution in [0.2, 0.25) is 0 Å². The van der Waals surface area contributed by atoms with Gasteiger partial charge in [0.2, 0.25) is 0 Å². The summed E-state index contributed by atoms with van der Waals surface area (Å²) in [6.07, 6.45) is 3.76. The SMILES string of the molecule is CCC(C)(C)n1nnnc1[C@H](c1cc2cc(C)cc(C)c2[nH]c1=O)N1CC=C(c2ccc(F)cc2)CC1. The minimum Gasteiger partial charge on any atom is -0.321 e. The second-order valence-corrected chi connectivity index (χ2v) is 10.6. The number of H-pyrrole nitrogens is 1. The molecule has 0 unspecified atom stereocenters. The molecule has 7 nitrogen and oxygen atoms in total. The second-order valence-electron chi connectivity index (χ2n) is 10.6. The first kappa shape index (κ1) is 25.0. The van der Waals surface area contributed by atoms with Gasteiger partial charge in [-0.2, -0.15) is 0 Å². The van der Waals surface area contributed by atoms with Gasteiger partial charge in [0.05, 0.1) is 11.1 Å². The summed E-state index contributed by atoms with van der Waals surface area (Å²) < 4.78 is 15.3. The van der Waals surface area contributed by atoms with Crippen molar-refractivity contribution in [1.29, 1.82) is 0 Å². The first-order chi connectivity index (χ1) is 17.7. The molecule has 2 aromatic heterocycles. The van der Waals surface area contributed by atoms with Crippen LogP contribution in [-0.4, -0.2) is 43.2 Å². The summed E-state index contributed by atoms with van der Waals surface area (Å²) in [5.74, 6) is 0.410. The van der Waals surface area contributed by atoms with Crippen LogP contribution < -0.4 is 5.56 Å². The summed E-state index contributed by atoms with van der Waals surface area (Å²) in [5.41, 5.74) is 5.38. The Bertz CT molecular complexity index is 1530. The lowest BCUT2D eigenvalue weighted by Gasteiger charge is -2.35. The monoisotopic (exact) mass is 500 g/mol. The highest BCUT2D eigenvalue weighted by molar-refractivity contribution is 5.83. The van der Waals surface area contributed by atoms with E-state index in [4.69, 9.17) is 0 Å². The summed E-state index contributed by atoms with van der Waals surface area (Å²) in [6, 6.07) is 12.4. The van der Waals surface area contributed by atoms with Crippen molar-refractivity contribution in [2.45, 2.75) is 59.0 Å².